The minimum absolute atomic E-state index is 0.344. The Hall–Kier alpha value is -1.47. The van der Waals surface area contributed by atoms with Gasteiger partial charge in [0.05, 0.1) is 18.8 Å². The lowest BCUT2D eigenvalue weighted by Gasteiger charge is -2.27. The lowest BCUT2D eigenvalue weighted by atomic mass is 10.00. The minimum atomic E-state index is -1.29. The largest absolute Gasteiger partial charge is 0.394 e. The number of unbranched alkanes of at least 4 members (excludes halogenated alkanes) is 16. The van der Waals surface area contributed by atoms with E-state index < -0.39 is 36.9 Å². The molecule has 0 rings (SSSR count). The Kier molecular flexibility index (Phi) is 30.8. The highest BCUT2D eigenvalue weighted by Crippen LogP contribution is 2.13. The summed E-state index contributed by atoms with van der Waals surface area (Å²) in [5, 5.41) is 43.3. The molecule has 0 aliphatic carbocycles. The van der Waals surface area contributed by atoms with Gasteiger partial charge >= 0.3 is 0 Å². The quantitative estimate of drug-likeness (QED) is 0.0403. The molecular formula is C37H69NO5. The Labute approximate surface area is 265 Å². The van der Waals surface area contributed by atoms with Crippen LogP contribution in [0.1, 0.15) is 162 Å². The lowest BCUT2D eigenvalue weighted by Crippen LogP contribution is -2.53. The van der Waals surface area contributed by atoms with Gasteiger partial charge < -0.3 is 25.7 Å². The molecule has 0 aliphatic rings. The predicted octanol–water partition coefficient (Wildman–Crippen LogP) is 8.23. The predicted molar refractivity (Wildman–Crippen MR) is 182 cm³/mol. The van der Waals surface area contributed by atoms with Gasteiger partial charge in [-0.25, -0.2) is 0 Å². The summed E-state index contributed by atoms with van der Waals surface area (Å²) in [6.07, 6.45) is 34.6. The lowest BCUT2D eigenvalue weighted by molar-refractivity contribution is -0.132. The number of carbonyl (C=O) groups is 1. The van der Waals surface area contributed by atoms with Gasteiger partial charge in [-0.05, 0) is 70.6 Å². The molecule has 6 nitrogen and oxygen atoms in total. The normalized spacial score (nSPS) is 15.0. The van der Waals surface area contributed by atoms with E-state index in [9.17, 15) is 25.2 Å². The Morgan fingerprint density at radius 3 is 1.53 bits per heavy atom. The van der Waals surface area contributed by atoms with Gasteiger partial charge in [0.15, 0.2) is 0 Å². The third kappa shape index (κ3) is 26.6. The molecule has 0 aromatic rings. The van der Waals surface area contributed by atoms with Crippen molar-refractivity contribution in [1.82, 2.24) is 5.32 Å². The van der Waals surface area contributed by atoms with Crippen LogP contribution in [0, 0.1) is 0 Å². The zero-order chi connectivity index (χ0) is 31.8. The van der Waals surface area contributed by atoms with Crippen LogP contribution in [-0.2, 0) is 4.79 Å². The summed E-state index contributed by atoms with van der Waals surface area (Å²) in [7, 11) is 0. The Morgan fingerprint density at radius 2 is 1.00 bits per heavy atom. The maximum Gasteiger partial charge on any atom is 0.249 e. The molecule has 0 aromatic heterocycles. The molecule has 0 bridgehead atoms. The molecule has 0 saturated carbocycles. The van der Waals surface area contributed by atoms with E-state index in [1.54, 1.807) is 0 Å². The summed E-state index contributed by atoms with van der Waals surface area (Å²) in [6.45, 7) is 3.95. The van der Waals surface area contributed by atoms with Gasteiger partial charge in [0.25, 0.3) is 0 Å². The van der Waals surface area contributed by atoms with Gasteiger partial charge in [0, 0.05) is 0 Å². The van der Waals surface area contributed by atoms with E-state index in [1.165, 1.54) is 70.6 Å². The molecule has 6 heteroatoms. The second-order valence-corrected chi connectivity index (χ2v) is 12.2. The van der Waals surface area contributed by atoms with Crippen molar-refractivity contribution in [1.29, 1.82) is 0 Å². The number of aliphatic hydroxyl groups is 4. The summed E-state index contributed by atoms with van der Waals surface area (Å²) in [4.78, 5) is 12.4. The Morgan fingerprint density at radius 1 is 0.558 bits per heavy atom. The van der Waals surface area contributed by atoms with Crippen molar-refractivity contribution in [2.24, 2.45) is 0 Å². The summed E-state index contributed by atoms with van der Waals surface area (Å²) in [5.74, 6) is -0.612. The van der Waals surface area contributed by atoms with Crippen molar-refractivity contribution in [2.75, 3.05) is 6.61 Å². The number of rotatable bonds is 31. The number of hydrogen-bond donors (Lipinski definition) is 5. The van der Waals surface area contributed by atoms with Crippen LogP contribution in [-0.4, -0.2) is 57.3 Å². The maximum atomic E-state index is 12.4. The molecule has 0 fully saturated rings. The third-order valence-electron chi connectivity index (χ3n) is 8.05. The van der Waals surface area contributed by atoms with Gasteiger partial charge in [0.2, 0.25) is 5.91 Å². The molecule has 0 spiro atoms. The fourth-order valence-electron chi connectivity index (χ4n) is 5.10. The van der Waals surface area contributed by atoms with E-state index in [0.717, 1.165) is 57.8 Å². The summed E-state index contributed by atoms with van der Waals surface area (Å²) in [5.41, 5.74) is 0. The first-order chi connectivity index (χ1) is 21.0. The fraction of sp³-hybridized carbons (Fsp3) is 0.811. The Bertz CT molecular complexity index is 692. The molecule has 1 amide bonds. The van der Waals surface area contributed by atoms with Crippen LogP contribution in [0.2, 0.25) is 0 Å². The highest BCUT2D eigenvalue weighted by atomic mass is 16.3. The van der Waals surface area contributed by atoms with Gasteiger partial charge in [-0.1, -0.05) is 127 Å². The molecule has 4 atom stereocenters. The van der Waals surface area contributed by atoms with Crippen molar-refractivity contribution in [3.05, 3.63) is 36.5 Å². The van der Waals surface area contributed by atoms with Crippen LogP contribution >= 0.6 is 0 Å². The first-order valence-corrected chi connectivity index (χ1v) is 17.9. The summed E-state index contributed by atoms with van der Waals surface area (Å²) < 4.78 is 0. The highest BCUT2D eigenvalue weighted by Gasteiger charge is 2.28. The van der Waals surface area contributed by atoms with Crippen LogP contribution in [0.15, 0.2) is 36.5 Å². The molecule has 0 aliphatic heterocycles. The molecule has 0 saturated heterocycles. The molecule has 252 valence electrons. The SMILES string of the molecule is CCCC/C=C\CCCCCCC(O)C(=O)NC(CO)C(O)C(O)CCC/C=C/CC/C=C/CCCCCCCCCC. The van der Waals surface area contributed by atoms with Crippen LogP contribution in [0.5, 0.6) is 0 Å². The van der Waals surface area contributed by atoms with Gasteiger partial charge in [-0.2, -0.15) is 0 Å². The number of allylic oxidation sites excluding steroid dienone is 6. The third-order valence-corrected chi connectivity index (χ3v) is 8.05. The number of hydrogen-bond acceptors (Lipinski definition) is 5. The molecule has 4 unspecified atom stereocenters. The topological polar surface area (TPSA) is 110 Å². The van der Waals surface area contributed by atoms with Crippen LogP contribution in [0.25, 0.3) is 0 Å². The highest BCUT2D eigenvalue weighted by molar-refractivity contribution is 5.80. The maximum absolute atomic E-state index is 12.4. The first kappa shape index (κ1) is 41.5. The zero-order valence-corrected chi connectivity index (χ0v) is 27.9. The average Bonchev–Trinajstić information content (AvgIpc) is 3.01. The standard InChI is InChI=1S/C37H69NO5/c1-3-5-7-9-11-13-15-16-17-18-19-20-21-23-24-26-28-30-34(40)36(42)33(32-39)38-37(43)35(41)31-29-27-25-22-14-12-10-8-6-4-2/h10,12,18-19,23-24,33-36,39-42H,3-9,11,13-17,20-22,25-32H2,1-2H3,(H,38,43)/b12-10-,19-18+,24-23+. The van der Waals surface area contributed by atoms with Crippen molar-refractivity contribution < 1.29 is 25.2 Å². The van der Waals surface area contributed by atoms with Gasteiger partial charge in [-0.3, -0.25) is 4.79 Å². The van der Waals surface area contributed by atoms with Crippen molar-refractivity contribution in [3.8, 4) is 0 Å². The average molecular weight is 608 g/mol. The molecule has 43 heavy (non-hydrogen) atoms. The Balaban J connectivity index is 3.92. The van der Waals surface area contributed by atoms with Gasteiger partial charge in [-0.15, -0.1) is 0 Å². The summed E-state index contributed by atoms with van der Waals surface area (Å²) >= 11 is 0. The van der Waals surface area contributed by atoms with E-state index in [2.05, 4.69) is 55.6 Å². The van der Waals surface area contributed by atoms with Crippen molar-refractivity contribution in [2.45, 2.75) is 186 Å². The molecule has 0 aromatic carbocycles. The monoisotopic (exact) mass is 608 g/mol. The number of nitrogens with one attached hydrogen (secondary N) is 1. The van der Waals surface area contributed by atoms with Gasteiger partial charge in [0.1, 0.15) is 12.2 Å². The number of amides is 1. The van der Waals surface area contributed by atoms with Crippen molar-refractivity contribution in [3.63, 3.8) is 0 Å². The molecule has 5 N–H and O–H groups in total. The molecule has 0 heterocycles. The van der Waals surface area contributed by atoms with E-state index in [-0.39, 0.29) is 0 Å². The van der Waals surface area contributed by atoms with Crippen LogP contribution in [0.4, 0.5) is 0 Å². The van der Waals surface area contributed by atoms with E-state index in [1.807, 2.05) is 0 Å². The number of carbonyl (C=O) groups excluding carboxylic acids is 1. The molecular weight excluding hydrogens is 538 g/mol. The number of aliphatic hydroxyl groups excluding tert-OH is 4. The van der Waals surface area contributed by atoms with E-state index >= 15 is 0 Å². The van der Waals surface area contributed by atoms with Crippen LogP contribution in [0.3, 0.4) is 0 Å². The second-order valence-electron chi connectivity index (χ2n) is 12.2. The van der Waals surface area contributed by atoms with Crippen LogP contribution < -0.4 is 5.32 Å². The minimum Gasteiger partial charge on any atom is -0.394 e. The first-order valence-electron chi connectivity index (χ1n) is 17.9. The molecule has 0 radical (unpaired) electrons. The van der Waals surface area contributed by atoms with Crippen molar-refractivity contribution >= 4 is 5.91 Å². The van der Waals surface area contributed by atoms with E-state index in [4.69, 9.17) is 0 Å². The smallest absolute Gasteiger partial charge is 0.249 e. The fourth-order valence-corrected chi connectivity index (χ4v) is 5.10. The van der Waals surface area contributed by atoms with E-state index in [0.29, 0.717) is 19.3 Å². The summed E-state index contributed by atoms with van der Waals surface area (Å²) in [6, 6.07) is -1.01. The second kappa shape index (κ2) is 31.9. The zero-order valence-electron chi connectivity index (χ0n) is 27.9.